The molecule has 1 rings (SSSR count). The maximum atomic E-state index is 12.0. The molecular formula is C11H17NO5S. The van der Waals surface area contributed by atoms with Crippen LogP contribution < -0.4 is 0 Å². The molecule has 0 radical (unpaired) electrons. The Balaban J connectivity index is 2.86. The molecule has 0 saturated carbocycles. The lowest BCUT2D eigenvalue weighted by Crippen LogP contribution is -2.34. The van der Waals surface area contributed by atoms with Crippen molar-refractivity contribution in [3.05, 3.63) is 11.1 Å². The number of carboxylic acids is 1. The molecule has 18 heavy (non-hydrogen) atoms. The van der Waals surface area contributed by atoms with Crippen LogP contribution >= 0.6 is 0 Å². The van der Waals surface area contributed by atoms with Crippen molar-refractivity contribution in [1.82, 2.24) is 4.90 Å². The maximum Gasteiger partial charge on any atom is 0.331 e. The van der Waals surface area contributed by atoms with Crippen molar-refractivity contribution in [3.63, 3.8) is 0 Å². The lowest BCUT2D eigenvalue weighted by Gasteiger charge is -2.20. The van der Waals surface area contributed by atoms with Crippen LogP contribution in [0.5, 0.6) is 0 Å². The van der Waals surface area contributed by atoms with Crippen LogP contribution in [-0.2, 0) is 19.4 Å². The van der Waals surface area contributed by atoms with Gasteiger partial charge in [0.15, 0.2) is 9.84 Å². The number of sulfone groups is 1. The Morgan fingerprint density at radius 3 is 2.22 bits per heavy atom. The summed E-state index contributed by atoms with van der Waals surface area (Å²) >= 11 is 0. The molecule has 6 nitrogen and oxygen atoms in total. The predicted octanol–water partition coefficient (Wildman–Crippen LogP) is 0.0545. The van der Waals surface area contributed by atoms with Gasteiger partial charge < -0.3 is 10.0 Å². The van der Waals surface area contributed by atoms with Crippen LogP contribution in [0.1, 0.15) is 20.3 Å². The molecule has 0 bridgehead atoms. The number of aliphatic carboxylic acids is 1. The van der Waals surface area contributed by atoms with Gasteiger partial charge in [-0.1, -0.05) is 0 Å². The summed E-state index contributed by atoms with van der Waals surface area (Å²) in [6.45, 7) is 3.29. The molecule has 1 amide bonds. The molecule has 0 atom stereocenters. The number of nitrogens with zero attached hydrogens (tertiary/aromatic N) is 1. The van der Waals surface area contributed by atoms with Crippen molar-refractivity contribution >= 4 is 21.7 Å². The summed E-state index contributed by atoms with van der Waals surface area (Å²) < 4.78 is 22.8. The number of carboxylic acid groups (broad SMARTS) is 1. The highest BCUT2D eigenvalue weighted by molar-refractivity contribution is 7.91. The average molecular weight is 275 g/mol. The number of amides is 1. The molecule has 1 saturated heterocycles. The van der Waals surface area contributed by atoms with Gasteiger partial charge in [0.05, 0.1) is 11.5 Å². The number of carbonyl (C=O) groups excluding carboxylic acids is 1. The van der Waals surface area contributed by atoms with E-state index in [1.807, 2.05) is 0 Å². The van der Waals surface area contributed by atoms with E-state index in [0.717, 1.165) is 0 Å². The first-order chi connectivity index (χ1) is 8.24. The molecule has 1 fully saturated rings. The largest absolute Gasteiger partial charge is 0.478 e. The van der Waals surface area contributed by atoms with E-state index in [0.29, 0.717) is 13.0 Å². The standard InChI is InChI=1S/C11H17NO5S/c1-8(9(2)11(14)15)10(13)12-4-3-6-18(16,17)7-5-12/h3-7H2,1-2H3,(H,14,15). The molecule has 1 aliphatic heterocycles. The van der Waals surface area contributed by atoms with E-state index in [2.05, 4.69) is 0 Å². The summed E-state index contributed by atoms with van der Waals surface area (Å²) in [5, 5.41) is 8.81. The first-order valence-corrected chi connectivity index (χ1v) is 7.47. The number of hydrogen-bond acceptors (Lipinski definition) is 4. The van der Waals surface area contributed by atoms with Gasteiger partial charge in [-0.05, 0) is 20.3 Å². The maximum absolute atomic E-state index is 12.0. The first kappa shape index (κ1) is 14.7. The Hall–Kier alpha value is -1.37. The van der Waals surface area contributed by atoms with E-state index in [9.17, 15) is 18.0 Å². The Labute approximate surface area is 106 Å². The Kier molecular flexibility index (Phi) is 4.50. The highest BCUT2D eigenvalue weighted by atomic mass is 32.2. The van der Waals surface area contributed by atoms with Crippen molar-refractivity contribution in [1.29, 1.82) is 0 Å². The van der Waals surface area contributed by atoms with Crippen LogP contribution in [0, 0.1) is 0 Å². The number of carbonyl (C=O) groups is 2. The minimum Gasteiger partial charge on any atom is -0.478 e. The molecule has 0 aromatic heterocycles. The average Bonchev–Trinajstić information content (AvgIpc) is 2.47. The fraction of sp³-hybridized carbons (Fsp3) is 0.636. The smallest absolute Gasteiger partial charge is 0.331 e. The van der Waals surface area contributed by atoms with E-state index >= 15 is 0 Å². The normalized spacial score (nSPS) is 20.9. The Morgan fingerprint density at radius 1 is 1.06 bits per heavy atom. The van der Waals surface area contributed by atoms with Gasteiger partial charge in [0.1, 0.15) is 0 Å². The quantitative estimate of drug-likeness (QED) is 0.719. The van der Waals surface area contributed by atoms with Gasteiger partial charge in [0.25, 0.3) is 0 Å². The van der Waals surface area contributed by atoms with E-state index in [-0.39, 0.29) is 29.2 Å². The van der Waals surface area contributed by atoms with Crippen LogP contribution in [0.2, 0.25) is 0 Å². The molecule has 1 N–H and O–H groups in total. The van der Waals surface area contributed by atoms with Gasteiger partial charge in [0.2, 0.25) is 5.91 Å². The molecule has 0 aliphatic carbocycles. The fourth-order valence-electron chi connectivity index (χ4n) is 1.70. The second-order valence-electron chi connectivity index (χ2n) is 4.35. The second-order valence-corrected chi connectivity index (χ2v) is 6.66. The second kappa shape index (κ2) is 5.51. The van der Waals surface area contributed by atoms with Crippen molar-refractivity contribution < 1.29 is 23.1 Å². The van der Waals surface area contributed by atoms with Crippen molar-refractivity contribution in [2.45, 2.75) is 20.3 Å². The van der Waals surface area contributed by atoms with Gasteiger partial charge in [-0.25, -0.2) is 13.2 Å². The zero-order chi connectivity index (χ0) is 13.9. The van der Waals surface area contributed by atoms with Gasteiger partial charge in [-0.15, -0.1) is 0 Å². The molecule has 0 unspecified atom stereocenters. The Morgan fingerprint density at radius 2 is 1.67 bits per heavy atom. The molecule has 7 heteroatoms. The van der Waals surface area contributed by atoms with E-state index in [1.54, 1.807) is 0 Å². The van der Waals surface area contributed by atoms with Crippen molar-refractivity contribution in [2.75, 3.05) is 24.6 Å². The Bertz CT molecular complexity index is 492. The highest BCUT2D eigenvalue weighted by Crippen LogP contribution is 2.12. The van der Waals surface area contributed by atoms with E-state index < -0.39 is 21.7 Å². The zero-order valence-corrected chi connectivity index (χ0v) is 11.3. The van der Waals surface area contributed by atoms with Crippen LogP contribution in [0.4, 0.5) is 0 Å². The molecule has 0 aromatic rings. The molecular weight excluding hydrogens is 258 g/mol. The van der Waals surface area contributed by atoms with Crippen LogP contribution in [0.3, 0.4) is 0 Å². The van der Waals surface area contributed by atoms with Gasteiger partial charge in [-0.3, -0.25) is 4.79 Å². The van der Waals surface area contributed by atoms with E-state index in [1.165, 1.54) is 18.7 Å². The fourth-order valence-corrected chi connectivity index (χ4v) is 2.97. The van der Waals surface area contributed by atoms with Gasteiger partial charge in [0, 0.05) is 24.2 Å². The lowest BCUT2D eigenvalue weighted by atomic mass is 10.1. The summed E-state index contributed by atoms with van der Waals surface area (Å²) in [5.74, 6) is -1.51. The number of rotatable bonds is 2. The summed E-state index contributed by atoms with van der Waals surface area (Å²) in [7, 11) is -3.07. The minimum atomic E-state index is -3.07. The van der Waals surface area contributed by atoms with Crippen LogP contribution in [0.15, 0.2) is 11.1 Å². The number of hydrogen-bond donors (Lipinski definition) is 1. The third-order valence-corrected chi connectivity index (χ3v) is 4.76. The summed E-state index contributed by atoms with van der Waals surface area (Å²) in [5.41, 5.74) is 0.147. The molecule has 102 valence electrons. The zero-order valence-electron chi connectivity index (χ0n) is 10.5. The molecule has 1 heterocycles. The first-order valence-electron chi connectivity index (χ1n) is 5.65. The highest BCUT2D eigenvalue weighted by Gasteiger charge is 2.24. The van der Waals surface area contributed by atoms with Crippen LogP contribution in [-0.4, -0.2) is 54.9 Å². The van der Waals surface area contributed by atoms with Gasteiger partial charge >= 0.3 is 5.97 Å². The summed E-state index contributed by atoms with van der Waals surface area (Å²) in [6, 6.07) is 0. The summed E-state index contributed by atoms with van der Waals surface area (Å²) in [4.78, 5) is 24.2. The van der Waals surface area contributed by atoms with Gasteiger partial charge in [-0.2, -0.15) is 0 Å². The van der Waals surface area contributed by atoms with Crippen LogP contribution in [0.25, 0.3) is 0 Å². The molecule has 0 spiro atoms. The molecule has 0 aromatic carbocycles. The topological polar surface area (TPSA) is 91.8 Å². The minimum absolute atomic E-state index is 0.00731. The SMILES string of the molecule is CC(C(=O)O)=C(C)C(=O)N1CCCS(=O)(=O)CC1. The third kappa shape index (κ3) is 3.56. The molecule has 1 aliphatic rings. The monoisotopic (exact) mass is 275 g/mol. The van der Waals surface area contributed by atoms with Crippen molar-refractivity contribution in [3.8, 4) is 0 Å². The third-order valence-electron chi connectivity index (χ3n) is 3.05. The lowest BCUT2D eigenvalue weighted by molar-refractivity contribution is -0.133. The summed E-state index contributed by atoms with van der Waals surface area (Å²) in [6.07, 6.45) is 0.396. The predicted molar refractivity (Wildman–Crippen MR) is 65.9 cm³/mol. The van der Waals surface area contributed by atoms with E-state index in [4.69, 9.17) is 5.11 Å². The van der Waals surface area contributed by atoms with Crippen molar-refractivity contribution in [2.24, 2.45) is 0 Å².